The first-order chi connectivity index (χ1) is 9.63. The van der Waals surface area contributed by atoms with Gasteiger partial charge in [-0.25, -0.2) is 9.97 Å². The summed E-state index contributed by atoms with van der Waals surface area (Å²) in [6.07, 6.45) is 7.71. The first kappa shape index (κ1) is 13.5. The Morgan fingerprint density at radius 1 is 1.30 bits per heavy atom. The molecule has 0 unspecified atom stereocenters. The number of fused-ring (bicyclic) bond motifs is 1. The predicted octanol–water partition coefficient (Wildman–Crippen LogP) is 1.57. The lowest BCUT2D eigenvalue weighted by Gasteiger charge is -2.55. The maximum atomic E-state index is 12.7. The van der Waals surface area contributed by atoms with Crippen molar-refractivity contribution in [3.8, 4) is 0 Å². The third-order valence-corrected chi connectivity index (χ3v) is 5.04. The highest BCUT2D eigenvalue weighted by Gasteiger charge is 2.47. The summed E-state index contributed by atoms with van der Waals surface area (Å²) in [6.45, 7) is 4.24. The highest BCUT2D eigenvalue weighted by molar-refractivity contribution is 5.90. The average molecular weight is 274 g/mol. The van der Waals surface area contributed by atoms with Crippen molar-refractivity contribution >= 4 is 5.91 Å². The molecule has 3 rings (SSSR count). The van der Waals surface area contributed by atoms with Crippen LogP contribution in [0.25, 0.3) is 0 Å². The van der Waals surface area contributed by atoms with Crippen molar-refractivity contribution in [2.24, 2.45) is 0 Å². The number of likely N-dealkylation sites (N-methyl/N-ethyl adjacent to an activating group) is 1. The van der Waals surface area contributed by atoms with Gasteiger partial charge >= 0.3 is 0 Å². The number of rotatable bonds is 1. The molecule has 0 bridgehead atoms. The van der Waals surface area contributed by atoms with E-state index in [0.29, 0.717) is 5.82 Å². The zero-order valence-electron chi connectivity index (χ0n) is 12.2. The number of carbonyl (C=O) groups excluding carboxylic acids is 1. The van der Waals surface area contributed by atoms with Crippen LogP contribution in [-0.4, -0.2) is 57.4 Å². The molecule has 108 valence electrons. The van der Waals surface area contributed by atoms with Gasteiger partial charge in [-0.3, -0.25) is 9.69 Å². The lowest BCUT2D eigenvalue weighted by molar-refractivity contribution is -0.0352. The van der Waals surface area contributed by atoms with Crippen molar-refractivity contribution in [2.45, 2.75) is 44.2 Å². The molecule has 20 heavy (non-hydrogen) atoms. The van der Waals surface area contributed by atoms with E-state index in [1.807, 2.05) is 4.90 Å². The minimum absolute atomic E-state index is 0.0168. The van der Waals surface area contributed by atoms with Crippen LogP contribution >= 0.6 is 0 Å². The van der Waals surface area contributed by atoms with Crippen molar-refractivity contribution in [3.63, 3.8) is 0 Å². The average Bonchev–Trinajstić information content (AvgIpc) is 2.48. The van der Waals surface area contributed by atoms with E-state index in [1.54, 1.807) is 18.5 Å². The van der Waals surface area contributed by atoms with Crippen LogP contribution in [0, 0.1) is 0 Å². The monoisotopic (exact) mass is 274 g/mol. The maximum absolute atomic E-state index is 12.7. The molecule has 2 atom stereocenters. The van der Waals surface area contributed by atoms with Gasteiger partial charge in [0.25, 0.3) is 5.91 Å². The Kier molecular flexibility index (Phi) is 3.46. The molecule has 5 heteroatoms. The van der Waals surface area contributed by atoms with E-state index in [0.717, 1.165) is 38.8 Å². The number of piperidine rings is 2. The molecule has 1 amide bonds. The van der Waals surface area contributed by atoms with Crippen molar-refractivity contribution < 1.29 is 4.79 Å². The summed E-state index contributed by atoms with van der Waals surface area (Å²) in [6, 6.07) is 2.03. The normalized spacial score (nSPS) is 30.9. The molecule has 1 aromatic heterocycles. The summed E-state index contributed by atoms with van der Waals surface area (Å²) >= 11 is 0. The highest BCUT2D eigenvalue weighted by atomic mass is 16.2. The summed E-state index contributed by atoms with van der Waals surface area (Å²) in [5.74, 6) is 0.307. The Morgan fingerprint density at radius 2 is 2.05 bits per heavy atom. The van der Waals surface area contributed by atoms with Crippen LogP contribution in [0.1, 0.15) is 43.2 Å². The fourth-order valence-corrected chi connectivity index (χ4v) is 3.74. The van der Waals surface area contributed by atoms with E-state index in [1.165, 1.54) is 0 Å². The second kappa shape index (κ2) is 5.13. The van der Waals surface area contributed by atoms with E-state index in [-0.39, 0.29) is 17.5 Å². The van der Waals surface area contributed by atoms with Gasteiger partial charge in [-0.15, -0.1) is 0 Å². The maximum Gasteiger partial charge on any atom is 0.291 e. The Hall–Kier alpha value is -1.49. The van der Waals surface area contributed by atoms with Gasteiger partial charge in [-0.1, -0.05) is 0 Å². The number of hydrogen-bond acceptors (Lipinski definition) is 4. The van der Waals surface area contributed by atoms with E-state index >= 15 is 0 Å². The second-order valence-electron chi connectivity index (χ2n) is 6.11. The molecule has 0 aliphatic carbocycles. The van der Waals surface area contributed by atoms with Gasteiger partial charge in [-0.05, 0) is 52.3 Å². The zero-order valence-corrected chi connectivity index (χ0v) is 12.2. The van der Waals surface area contributed by atoms with Crippen molar-refractivity contribution in [1.82, 2.24) is 19.8 Å². The third kappa shape index (κ3) is 2.10. The minimum Gasteiger partial charge on any atom is -0.331 e. The quantitative estimate of drug-likeness (QED) is 0.780. The number of aromatic nitrogens is 2. The van der Waals surface area contributed by atoms with E-state index in [4.69, 9.17) is 0 Å². The SMILES string of the molecule is CN1CCC[C@@H]2N(C(=O)c3ncccn3)CCC[C@@]21C. The van der Waals surface area contributed by atoms with Gasteiger partial charge in [-0.2, -0.15) is 0 Å². The minimum atomic E-state index is -0.0168. The van der Waals surface area contributed by atoms with Crippen molar-refractivity contribution in [1.29, 1.82) is 0 Å². The number of amides is 1. The van der Waals surface area contributed by atoms with Crippen LogP contribution in [0.5, 0.6) is 0 Å². The predicted molar refractivity (Wildman–Crippen MR) is 76.4 cm³/mol. The Balaban J connectivity index is 1.88. The Bertz CT molecular complexity index is 492. The van der Waals surface area contributed by atoms with Crippen LogP contribution < -0.4 is 0 Å². The number of carbonyl (C=O) groups is 1. The molecule has 0 N–H and O–H groups in total. The molecule has 2 aliphatic heterocycles. The van der Waals surface area contributed by atoms with Gasteiger partial charge in [0.1, 0.15) is 0 Å². The van der Waals surface area contributed by atoms with Crippen LogP contribution in [-0.2, 0) is 0 Å². The van der Waals surface area contributed by atoms with Crippen molar-refractivity contribution in [2.75, 3.05) is 20.1 Å². The molecular formula is C15H22N4O. The number of hydrogen-bond donors (Lipinski definition) is 0. The Labute approximate surface area is 120 Å². The van der Waals surface area contributed by atoms with Crippen LogP contribution in [0.15, 0.2) is 18.5 Å². The number of nitrogens with zero attached hydrogens (tertiary/aromatic N) is 4. The highest BCUT2D eigenvalue weighted by Crippen LogP contribution is 2.38. The van der Waals surface area contributed by atoms with E-state index in [9.17, 15) is 4.79 Å². The zero-order chi connectivity index (χ0) is 14.2. The first-order valence-electron chi connectivity index (χ1n) is 7.42. The Morgan fingerprint density at radius 3 is 2.80 bits per heavy atom. The molecule has 1 aromatic rings. The van der Waals surface area contributed by atoms with Gasteiger partial charge in [0.05, 0.1) is 6.04 Å². The standard InChI is InChI=1S/C15H22N4O/c1-15-7-4-11-19(12(15)6-3-10-18(15)2)14(20)13-16-8-5-9-17-13/h5,8-9,12H,3-4,6-7,10-11H2,1-2H3/t12-,15-/m0/s1. The second-order valence-corrected chi connectivity index (χ2v) is 6.11. The summed E-state index contributed by atoms with van der Waals surface area (Å²) in [7, 11) is 2.18. The molecule has 0 spiro atoms. The fraction of sp³-hybridized carbons (Fsp3) is 0.667. The topological polar surface area (TPSA) is 49.3 Å². The summed E-state index contributed by atoms with van der Waals surface area (Å²) in [4.78, 5) is 25.4. The summed E-state index contributed by atoms with van der Waals surface area (Å²) in [5, 5.41) is 0. The van der Waals surface area contributed by atoms with Gasteiger partial charge < -0.3 is 4.90 Å². The van der Waals surface area contributed by atoms with Gasteiger partial charge in [0.2, 0.25) is 5.82 Å². The molecule has 3 heterocycles. The molecule has 5 nitrogen and oxygen atoms in total. The number of likely N-dealkylation sites (tertiary alicyclic amines) is 2. The largest absolute Gasteiger partial charge is 0.331 e. The fourth-order valence-electron chi connectivity index (χ4n) is 3.74. The molecule has 2 aliphatic rings. The van der Waals surface area contributed by atoms with E-state index < -0.39 is 0 Å². The molecule has 2 saturated heterocycles. The molecule has 0 aromatic carbocycles. The smallest absolute Gasteiger partial charge is 0.291 e. The molecular weight excluding hydrogens is 252 g/mol. The van der Waals surface area contributed by atoms with Crippen LogP contribution in [0.2, 0.25) is 0 Å². The molecule has 2 fully saturated rings. The lowest BCUT2D eigenvalue weighted by atomic mass is 9.76. The molecule has 0 radical (unpaired) electrons. The third-order valence-electron chi connectivity index (χ3n) is 5.04. The van der Waals surface area contributed by atoms with Gasteiger partial charge in [0.15, 0.2) is 0 Å². The van der Waals surface area contributed by atoms with Gasteiger partial charge in [0, 0.05) is 24.5 Å². The van der Waals surface area contributed by atoms with Crippen LogP contribution in [0.4, 0.5) is 0 Å². The van der Waals surface area contributed by atoms with E-state index in [2.05, 4.69) is 28.8 Å². The molecule has 0 saturated carbocycles. The summed E-state index contributed by atoms with van der Waals surface area (Å²) in [5.41, 5.74) is 0.0982. The van der Waals surface area contributed by atoms with Crippen LogP contribution in [0.3, 0.4) is 0 Å². The van der Waals surface area contributed by atoms with Crippen molar-refractivity contribution in [3.05, 3.63) is 24.3 Å². The lowest BCUT2D eigenvalue weighted by Crippen LogP contribution is -2.66. The summed E-state index contributed by atoms with van der Waals surface area (Å²) < 4.78 is 0. The first-order valence-corrected chi connectivity index (χ1v) is 7.42.